The fourth-order valence-electron chi connectivity index (χ4n) is 1.77. The molecule has 6 nitrogen and oxygen atoms in total. The maximum Gasteiger partial charge on any atom is 0.250 e. The lowest BCUT2D eigenvalue weighted by Gasteiger charge is -1.98. The molecule has 1 amide bonds. The third kappa shape index (κ3) is 5.09. The largest absolute Gasteiger partial charge is 0.272 e. The van der Waals surface area contributed by atoms with Gasteiger partial charge in [-0.15, -0.1) is 10.2 Å². The fraction of sp³-hybridized carbons (Fsp3) is 0.0625. The van der Waals surface area contributed by atoms with Crippen LogP contribution in [0, 0.1) is 0 Å². The lowest BCUT2D eigenvalue weighted by molar-refractivity contribution is -0.118. The van der Waals surface area contributed by atoms with E-state index in [1.165, 1.54) is 29.3 Å². The molecule has 0 spiro atoms. The van der Waals surface area contributed by atoms with Crippen LogP contribution in [0.4, 0.5) is 0 Å². The van der Waals surface area contributed by atoms with Gasteiger partial charge in [-0.1, -0.05) is 59.0 Å². The van der Waals surface area contributed by atoms with Gasteiger partial charge in [0.2, 0.25) is 0 Å². The van der Waals surface area contributed by atoms with E-state index in [4.69, 9.17) is 11.6 Å². The van der Waals surface area contributed by atoms with Crippen molar-refractivity contribution >= 4 is 46.8 Å². The second-order valence-corrected chi connectivity index (χ2v) is 7.30. The van der Waals surface area contributed by atoms with Crippen molar-refractivity contribution in [1.82, 2.24) is 20.6 Å². The highest BCUT2D eigenvalue weighted by Crippen LogP contribution is 2.27. The first-order chi connectivity index (χ1) is 12.2. The van der Waals surface area contributed by atoms with Gasteiger partial charge in [0.25, 0.3) is 5.91 Å². The number of rotatable bonds is 6. The number of hydrazone groups is 1. The fourth-order valence-corrected chi connectivity index (χ4v) is 3.58. The molecule has 0 atom stereocenters. The first-order valence-electron chi connectivity index (χ1n) is 7.16. The van der Waals surface area contributed by atoms with E-state index in [0.717, 1.165) is 16.3 Å². The second kappa shape index (κ2) is 8.70. The molecule has 2 heterocycles. The molecule has 0 aliphatic carbocycles. The van der Waals surface area contributed by atoms with Crippen molar-refractivity contribution in [3.05, 3.63) is 59.2 Å². The third-order valence-corrected chi connectivity index (χ3v) is 5.34. The van der Waals surface area contributed by atoms with Crippen LogP contribution in [0.5, 0.6) is 0 Å². The lowest BCUT2D eigenvalue weighted by atomic mass is 10.2. The van der Waals surface area contributed by atoms with Crippen LogP contribution in [0.1, 0.15) is 5.56 Å². The van der Waals surface area contributed by atoms with Crippen LogP contribution in [0.25, 0.3) is 10.7 Å². The van der Waals surface area contributed by atoms with Crippen molar-refractivity contribution in [2.24, 2.45) is 5.10 Å². The Bertz CT molecular complexity index is 885. The zero-order valence-corrected chi connectivity index (χ0v) is 15.2. The Kier molecular flexibility index (Phi) is 6.10. The first-order valence-corrected chi connectivity index (χ1v) is 9.34. The lowest BCUT2D eigenvalue weighted by Crippen LogP contribution is -2.19. The Hall–Kier alpha value is -2.29. The van der Waals surface area contributed by atoms with Gasteiger partial charge in [0.05, 0.1) is 12.0 Å². The highest BCUT2D eigenvalue weighted by atomic mass is 35.5. The van der Waals surface area contributed by atoms with Gasteiger partial charge >= 0.3 is 0 Å². The van der Waals surface area contributed by atoms with E-state index < -0.39 is 0 Å². The number of amides is 1. The SMILES string of the molecule is O=C(CSc1nnc(-c2ccccn2)s1)N/N=C\c1ccccc1Cl. The van der Waals surface area contributed by atoms with E-state index >= 15 is 0 Å². The van der Waals surface area contributed by atoms with E-state index in [-0.39, 0.29) is 11.7 Å². The number of carbonyl (C=O) groups excluding carboxylic acids is 1. The summed E-state index contributed by atoms with van der Waals surface area (Å²) in [6.45, 7) is 0. The number of aromatic nitrogens is 3. The van der Waals surface area contributed by atoms with E-state index in [0.29, 0.717) is 9.36 Å². The molecule has 2 aromatic heterocycles. The molecule has 126 valence electrons. The van der Waals surface area contributed by atoms with Crippen molar-refractivity contribution in [1.29, 1.82) is 0 Å². The van der Waals surface area contributed by atoms with Crippen LogP contribution >= 0.6 is 34.7 Å². The van der Waals surface area contributed by atoms with Crippen LogP contribution in [0.15, 0.2) is 58.1 Å². The number of nitrogens with zero attached hydrogens (tertiary/aromatic N) is 4. The van der Waals surface area contributed by atoms with Crippen LogP contribution < -0.4 is 5.43 Å². The van der Waals surface area contributed by atoms with Gasteiger partial charge in [-0.25, -0.2) is 5.43 Å². The number of halogens is 1. The molecule has 0 saturated heterocycles. The van der Waals surface area contributed by atoms with Crippen LogP contribution in [-0.2, 0) is 4.79 Å². The molecule has 3 rings (SSSR count). The van der Waals surface area contributed by atoms with E-state index in [1.807, 2.05) is 36.4 Å². The molecule has 0 aliphatic rings. The summed E-state index contributed by atoms with van der Waals surface area (Å²) in [5.41, 5.74) is 3.96. The molecule has 0 radical (unpaired) electrons. The van der Waals surface area contributed by atoms with Crippen molar-refractivity contribution in [2.45, 2.75) is 4.34 Å². The van der Waals surface area contributed by atoms with Gasteiger partial charge in [-0.05, 0) is 18.2 Å². The molecule has 0 aliphatic heterocycles. The summed E-state index contributed by atoms with van der Waals surface area (Å²) in [7, 11) is 0. The number of carbonyl (C=O) groups is 1. The number of pyridine rings is 1. The molecule has 0 fully saturated rings. The number of thioether (sulfide) groups is 1. The Morgan fingerprint density at radius 3 is 2.88 bits per heavy atom. The molecule has 1 N–H and O–H groups in total. The smallest absolute Gasteiger partial charge is 0.250 e. The molecule has 0 unspecified atom stereocenters. The zero-order valence-electron chi connectivity index (χ0n) is 12.8. The van der Waals surface area contributed by atoms with E-state index in [2.05, 4.69) is 25.7 Å². The van der Waals surface area contributed by atoms with Crippen molar-refractivity contribution in [3.8, 4) is 10.7 Å². The highest BCUT2D eigenvalue weighted by molar-refractivity contribution is 8.01. The molecule has 9 heteroatoms. The van der Waals surface area contributed by atoms with Crippen LogP contribution in [-0.4, -0.2) is 33.1 Å². The molecular formula is C16H12ClN5OS2. The van der Waals surface area contributed by atoms with Crippen molar-refractivity contribution in [2.75, 3.05) is 5.75 Å². The van der Waals surface area contributed by atoms with E-state index in [1.54, 1.807) is 12.3 Å². The third-order valence-electron chi connectivity index (χ3n) is 2.92. The zero-order chi connectivity index (χ0) is 17.5. The molecular weight excluding hydrogens is 378 g/mol. The minimum Gasteiger partial charge on any atom is -0.272 e. The Morgan fingerprint density at radius 2 is 2.08 bits per heavy atom. The topological polar surface area (TPSA) is 80.1 Å². The number of hydrogen-bond acceptors (Lipinski definition) is 7. The predicted molar refractivity (Wildman–Crippen MR) is 101 cm³/mol. The summed E-state index contributed by atoms with van der Waals surface area (Å²) in [5.74, 6) is -0.0423. The second-order valence-electron chi connectivity index (χ2n) is 4.69. The number of benzene rings is 1. The van der Waals surface area contributed by atoms with E-state index in [9.17, 15) is 4.79 Å². The maximum absolute atomic E-state index is 11.8. The van der Waals surface area contributed by atoms with Crippen molar-refractivity contribution in [3.63, 3.8) is 0 Å². The summed E-state index contributed by atoms with van der Waals surface area (Å²) in [6.07, 6.45) is 3.21. The van der Waals surface area contributed by atoms with Gasteiger partial charge in [-0.3, -0.25) is 9.78 Å². The number of nitrogens with one attached hydrogen (secondary N) is 1. The van der Waals surface area contributed by atoms with Crippen LogP contribution in [0.3, 0.4) is 0 Å². The molecule has 3 aromatic rings. The summed E-state index contributed by atoms with van der Waals surface area (Å²) >= 11 is 8.70. The van der Waals surface area contributed by atoms with Gasteiger partial charge < -0.3 is 0 Å². The van der Waals surface area contributed by atoms with Gasteiger partial charge in [-0.2, -0.15) is 5.10 Å². The minimum absolute atomic E-state index is 0.191. The van der Waals surface area contributed by atoms with Gasteiger partial charge in [0.15, 0.2) is 9.35 Å². The Balaban J connectivity index is 1.50. The summed E-state index contributed by atoms with van der Waals surface area (Å²) in [4.78, 5) is 16.1. The average molecular weight is 390 g/mol. The van der Waals surface area contributed by atoms with Crippen LogP contribution in [0.2, 0.25) is 5.02 Å². The Labute approximate surface area is 157 Å². The summed E-state index contributed by atoms with van der Waals surface area (Å²) < 4.78 is 0.700. The summed E-state index contributed by atoms with van der Waals surface area (Å²) in [5, 5.41) is 13.3. The molecule has 0 saturated carbocycles. The summed E-state index contributed by atoms with van der Waals surface area (Å²) in [6, 6.07) is 12.8. The highest BCUT2D eigenvalue weighted by Gasteiger charge is 2.09. The molecule has 25 heavy (non-hydrogen) atoms. The molecule has 0 bridgehead atoms. The monoisotopic (exact) mass is 389 g/mol. The van der Waals surface area contributed by atoms with Crippen molar-refractivity contribution < 1.29 is 4.79 Å². The predicted octanol–water partition coefficient (Wildman–Crippen LogP) is 3.50. The minimum atomic E-state index is -0.233. The average Bonchev–Trinajstić information content (AvgIpc) is 3.11. The van der Waals surface area contributed by atoms with Gasteiger partial charge in [0, 0.05) is 16.8 Å². The molecule has 1 aromatic carbocycles. The van der Waals surface area contributed by atoms with Gasteiger partial charge in [0.1, 0.15) is 5.69 Å². The normalized spacial score (nSPS) is 10.9. The first kappa shape index (κ1) is 17.5. The Morgan fingerprint density at radius 1 is 1.24 bits per heavy atom. The standard InChI is InChI=1S/C16H12ClN5OS2/c17-12-6-2-1-5-11(12)9-19-20-14(23)10-24-16-22-21-15(25-16)13-7-3-4-8-18-13/h1-9H,10H2,(H,20,23)/b19-9-. The number of hydrogen-bond donors (Lipinski definition) is 1. The maximum atomic E-state index is 11.8. The quantitative estimate of drug-likeness (QED) is 0.396.